The van der Waals surface area contributed by atoms with Gasteiger partial charge in [-0.25, -0.2) is 9.59 Å². The Labute approximate surface area is 190 Å². The van der Waals surface area contributed by atoms with Crippen molar-refractivity contribution in [2.24, 2.45) is 0 Å². The number of urea groups is 1. The molecule has 0 fully saturated rings. The number of halogens is 1. The predicted octanol–water partition coefficient (Wildman–Crippen LogP) is 3.56. The van der Waals surface area contributed by atoms with E-state index in [1.54, 1.807) is 30.3 Å². The van der Waals surface area contributed by atoms with Gasteiger partial charge in [0.15, 0.2) is 0 Å². The fourth-order valence-corrected chi connectivity index (χ4v) is 4.10. The summed E-state index contributed by atoms with van der Waals surface area (Å²) < 4.78 is 10.9. The van der Waals surface area contributed by atoms with Gasteiger partial charge < -0.3 is 20.1 Å². The van der Waals surface area contributed by atoms with Crippen molar-refractivity contribution in [3.8, 4) is 5.75 Å². The van der Waals surface area contributed by atoms with Crippen LogP contribution in [-0.4, -0.2) is 42.6 Å². The van der Waals surface area contributed by atoms with E-state index in [0.717, 1.165) is 5.56 Å². The topological polar surface area (TPSA) is 97.0 Å². The van der Waals surface area contributed by atoms with Gasteiger partial charge in [-0.3, -0.25) is 9.69 Å². The van der Waals surface area contributed by atoms with Crippen LogP contribution in [0.2, 0.25) is 5.02 Å². The molecular formula is C23H22ClN3O5. The third kappa shape index (κ3) is 4.01. The van der Waals surface area contributed by atoms with Gasteiger partial charge in [0, 0.05) is 5.56 Å². The molecule has 3 amide bonds. The Kier molecular flexibility index (Phi) is 6.05. The Morgan fingerprint density at radius 1 is 1.25 bits per heavy atom. The van der Waals surface area contributed by atoms with Crippen LogP contribution in [0.15, 0.2) is 53.7 Å². The monoisotopic (exact) mass is 455 g/mol. The Bertz CT molecular complexity index is 1110. The minimum absolute atomic E-state index is 0.0900. The molecule has 2 N–H and O–H groups in total. The molecule has 0 unspecified atom stereocenters. The van der Waals surface area contributed by atoms with Gasteiger partial charge in [0.1, 0.15) is 18.9 Å². The SMILES string of the molecule is CCOc1ccccc1[C@H]1NC(=O)N(CC(=O)Nc2c(C)cccc2Cl)C2=C1C(=O)OC2. The summed E-state index contributed by atoms with van der Waals surface area (Å²) in [7, 11) is 0. The lowest BCUT2D eigenvalue weighted by atomic mass is 9.95. The molecule has 0 aliphatic carbocycles. The van der Waals surface area contributed by atoms with Gasteiger partial charge in [-0.2, -0.15) is 0 Å². The second-order valence-electron chi connectivity index (χ2n) is 7.36. The summed E-state index contributed by atoms with van der Waals surface area (Å²) >= 11 is 6.19. The zero-order valence-corrected chi connectivity index (χ0v) is 18.4. The Balaban J connectivity index is 1.63. The van der Waals surface area contributed by atoms with Crippen molar-refractivity contribution in [3.05, 3.63) is 69.9 Å². The minimum atomic E-state index is -0.736. The van der Waals surface area contributed by atoms with Crippen LogP contribution in [0.3, 0.4) is 0 Å². The van der Waals surface area contributed by atoms with Crippen molar-refractivity contribution in [2.45, 2.75) is 19.9 Å². The number of ether oxygens (including phenoxy) is 2. The molecule has 2 aromatic carbocycles. The van der Waals surface area contributed by atoms with Crippen molar-refractivity contribution >= 4 is 35.2 Å². The average Bonchev–Trinajstić information content (AvgIpc) is 3.15. The molecule has 0 aromatic heterocycles. The summed E-state index contributed by atoms with van der Waals surface area (Å²) in [6.07, 6.45) is 0. The molecule has 32 heavy (non-hydrogen) atoms. The van der Waals surface area contributed by atoms with Crippen molar-refractivity contribution in [2.75, 3.05) is 25.1 Å². The lowest BCUT2D eigenvalue weighted by Crippen LogP contribution is -2.49. The highest BCUT2D eigenvalue weighted by Gasteiger charge is 2.43. The number of anilines is 1. The van der Waals surface area contributed by atoms with Crippen molar-refractivity contribution in [1.29, 1.82) is 0 Å². The summed E-state index contributed by atoms with van der Waals surface area (Å²) in [6, 6.07) is 11.2. The van der Waals surface area contributed by atoms with Gasteiger partial charge in [-0.15, -0.1) is 0 Å². The highest BCUT2D eigenvalue weighted by atomic mass is 35.5. The number of nitrogens with one attached hydrogen (secondary N) is 2. The van der Waals surface area contributed by atoms with E-state index in [2.05, 4.69) is 10.6 Å². The average molecular weight is 456 g/mol. The molecule has 2 aliphatic heterocycles. The van der Waals surface area contributed by atoms with E-state index >= 15 is 0 Å². The maximum absolute atomic E-state index is 13.0. The fraction of sp³-hybridized carbons (Fsp3) is 0.261. The standard InChI is InChI=1S/C23H22ClN3O5/c1-3-31-17-10-5-4-8-14(17)21-19-16(12-32-22(19)29)27(23(30)26-21)11-18(28)25-20-13(2)7-6-9-15(20)24/h4-10,21H,3,11-12H2,1-2H3,(H,25,28)(H,26,30)/t21-/m1/s1. The molecule has 0 saturated carbocycles. The molecule has 4 rings (SSSR count). The predicted molar refractivity (Wildman–Crippen MR) is 118 cm³/mol. The van der Waals surface area contributed by atoms with E-state index < -0.39 is 23.9 Å². The number of rotatable bonds is 6. The van der Waals surface area contributed by atoms with Crippen molar-refractivity contribution < 1.29 is 23.9 Å². The van der Waals surface area contributed by atoms with E-state index in [4.69, 9.17) is 21.1 Å². The molecule has 1 atom stereocenters. The zero-order valence-electron chi connectivity index (χ0n) is 17.6. The van der Waals surface area contributed by atoms with Gasteiger partial charge in [0.25, 0.3) is 0 Å². The first-order chi connectivity index (χ1) is 15.4. The third-order valence-electron chi connectivity index (χ3n) is 5.32. The number of hydrogen-bond donors (Lipinski definition) is 2. The Hall–Kier alpha value is -3.52. The summed E-state index contributed by atoms with van der Waals surface area (Å²) in [5.74, 6) is -0.424. The van der Waals surface area contributed by atoms with Gasteiger partial charge in [0.05, 0.1) is 34.6 Å². The summed E-state index contributed by atoms with van der Waals surface area (Å²) in [5, 5.41) is 5.96. The largest absolute Gasteiger partial charge is 0.494 e. The highest BCUT2D eigenvalue weighted by Crippen LogP contribution is 2.38. The van der Waals surface area contributed by atoms with E-state index in [9.17, 15) is 14.4 Å². The number of nitrogens with zero attached hydrogens (tertiary/aromatic N) is 1. The lowest BCUT2D eigenvalue weighted by Gasteiger charge is -2.33. The molecule has 0 saturated heterocycles. The fourth-order valence-electron chi connectivity index (χ4n) is 3.83. The van der Waals surface area contributed by atoms with Gasteiger partial charge in [0.2, 0.25) is 5.91 Å². The molecule has 0 radical (unpaired) electrons. The van der Waals surface area contributed by atoms with E-state index in [1.807, 2.05) is 26.0 Å². The molecule has 8 nitrogen and oxygen atoms in total. The highest BCUT2D eigenvalue weighted by molar-refractivity contribution is 6.34. The second kappa shape index (κ2) is 8.92. The summed E-state index contributed by atoms with van der Waals surface area (Å²) in [5.41, 5.74) is 2.57. The Morgan fingerprint density at radius 2 is 2.03 bits per heavy atom. The second-order valence-corrected chi connectivity index (χ2v) is 7.76. The normalized spacial score (nSPS) is 17.6. The van der Waals surface area contributed by atoms with Crippen LogP contribution in [0, 0.1) is 6.92 Å². The molecule has 2 aromatic rings. The smallest absolute Gasteiger partial charge is 0.338 e. The zero-order chi connectivity index (χ0) is 22.8. The van der Waals surface area contributed by atoms with Crippen LogP contribution in [0.4, 0.5) is 10.5 Å². The molecule has 0 bridgehead atoms. The molecule has 0 spiro atoms. The van der Waals surface area contributed by atoms with Gasteiger partial charge in [-0.1, -0.05) is 41.9 Å². The first-order valence-electron chi connectivity index (χ1n) is 10.2. The maximum atomic E-state index is 13.0. The number of hydrogen-bond acceptors (Lipinski definition) is 5. The molecule has 2 heterocycles. The lowest BCUT2D eigenvalue weighted by molar-refractivity contribution is -0.136. The number of esters is 1. The molecule has 166 valence electrons. The van der Waals surface area contributed by atoms with Gasteiger partial charge in [-0.05, 0) is 31.5 Å². The Morgan fingerprint density at radius 3 is 2.78 bits per heavy atom. The summed E-state index contributed by atoms with van der Waals surface area (Å²) in [4.78, 5) is 39.5. The number of carbonyl (C=O) groups is 3. The number of aryl methyl sites for hydroxylation is 1. The van der Waals surface area contributed by atoms with Crippen LogP contribution in [0.1, 0.15) is 24.1 Å². The maximum Gasteiger partial charge on any atom is 0.338 e. The van der Waals surface area contributed by atoms with Crippen LogP contribution in [0.25, 0.3) is 0 Å². The molecular weight excluding hydrogens is 434 g/mol. The first kappa shape index (κ1) is 21.7. The van der Waals surface area contributed by atoms with Crippen molar-refractivity contribution in [1.82, 2.24) is 10.2 Å². The third-order valence-corrected chi connectivity index (χ3v) is 5.63. The van der Waals surface area contributed by atoms with Crippen LogP contribution in [0.5, 0.6) is 5.75 Å². The molecule has 9 heteroatoms. The van der Waals surface area contributed by atoms with Crippen LogP contribution < -0.4 is 15.4 Å². The quantitative estimate of drug-likeness (QED) is 0.649. The van der Waals surface area contributed by atoms with Crippen LogP contribution in [-0.2, 0) is 14.3 Å². The van der Waals surface area contributed by atoms with E-state index in [-0.39, 0.29) is 13.2 Å². The number of carbonyl (C=O) groups excluding carboxylic acids is 3. The number of amides is 3. The summed E-state index contributed by atoms with van der Waals surface area (Å²) in [6.45, 7) is 3.71. The molecule has 2 aliphatic rings. The minimum Gasteiger partial charge on any atom is -0.494 e. The number of cyclic esters (lactones) is 1. The number of benzene rings is 2. The van der Waals surface area contributed by atoms with E-state index in [0.29, 0.717) is 39.9 Å². The van der Waals surface area contributed by atoms with Gasteiger partial charge >= 0.3 is 12.0 Å². The van der Waals surface area contributed by atoms with E-state index in [1.165, 1.54) is 4.90 Å². The van der Waals surface area contributed by atoms with Crippen LogP contribution >= 0.6 is 11.6 Å². The number of para-hydroxylation sites is 2. The first-order valence-corrected chi connectivity index (χ1v) is 10.5. The van der Waals surface area contributed by atoms with Crippen molar-refractivity contribution in [3.63, 3.8) is 0 Å².